The third-order valence-corrected chi connectivity index (χ3v) is 6.41. The average Bonchev–Trinajstić information content (AvgIpc) is 3.28. The highest BCUT2D eigenvalue weighted by molar-refractivity contribution is 7.89. The van der Waals surface area contributed by atoms with E-state index in [0.717, 1.165) is 12.8 Å². The standard InChI is InChI=1S/C20H22N2O6S/c1-27-17-8-4-15(5-9-17)20(24)28-14-19(23)21-16-6-10-18(11-7-16)29(25,26)22-12-2-3-13-22/h4-11H,2-3,12-14H2,1H3,(H,21,23). The molecule has 0 aliphatic carbocycles. The molecular weight excluding hydrogens is 396 g/mol. The zero-order chi connectivity index (χ0) is 20.9. The maximum absolute atomic E-state index is 12.5. The summed E-state index contributed by atoms with van der Waals surface area (Å²) in [6.45, 7) is 0.597. The van der Waals surface area contributed by atoms with E-state index >= 15 is 0 Å². The van der Waals surface area contributed by atoms with Crippen molar-refractivity contribution in [2.45, 2.75) is 17.7 Å². The van der Waals surface area contributed by atoms with Crippen LogP contribution in [0, 0.1) is 0 Å². The number of methoxy groups -OCH3 is 1. The Hall–Kier alpha value is -2.91. The first kappa shape index (κ1) is 20.8. The Kier molecular flexibility index (Phi) is 6.50. The lowest BCUT2D eigenvalue weighted by molar-refractivity contribution is -0.119. The highest BCUT2D eigenvalue weighted by Gasteiger charge is 2.26. The van der Waals surface area contributed by atoms with Crippen LogP contribution in [-0.2, 0) is 19.6 Å². The van der Waals surface area contributed by atoms with E-state index in [1.54, 1.807) is 24.3 Å². The van der Waals surface area contributed by atoms with Crippen LogP contribution in [0.2, 0.25) is 0 Å². The summed E-state index contributed by atoms with van der Waals surface area (Å²) < 4.78 is 36.4. The molecule has 0 unspecified atom stereocenters. The molecule has 2 aromatic rings. The van der Waals surface area contributed by atoms with Crippen molar-refractivity contribution in [3.05, 3.63) is 54.1 Å². The van der Waals surface area contributed by atoms with E-state index in [4.69, 9.17) is 9.47 Å². The summed E-state index contributed by atoms with van der Waals surface area (Å²) in [5.41, 5.74) is 0.714. The van der Waals surface area contributed by atoms with Crippen molar-refractivity contribution in [2.24, 2.45) is 0 Å². The fourth-order valence-corrected chi connectivity index (χ4v) is 4.44. The minimum Gasteiger partial charge on any atom is -0.497 e. The number of nitrogens with zero attached hydrogens (tertiary/aromatic N) is 1. The number of nitrogens with one attached hydrogen (secondary N) is 1. The van der Waals surface area contributed by atoms with Crippen molar-refractivity contribution < 1.29 is 27.5 Å². The Morgan fingerprint density at radius 1 is 1.00 bits per heavy atom. The number of carbonyl (C=O) groups excluding carboxylic acids is 2. The molecule has 2 aromatic carbocycles. The molecule has 0 bridgehead atoms. The van der Waals surface area contributed by atoms with Crippen molar-refractivity contribution >= 4 is 27.6 Å². The molecule has 0 spiro atoms. The van der Waals surface area contributed by atoms with Crippen molar-refractivity contribution in [2.75, 3.05) is 32.1 Å². The van der Waals surface area contributed by atoms with Crippen molar-refractivity contribution in [1.29, 1.82) is 0 Å². The van der Waals surface area contributed by atoms with E-state index in [-0.39, 0.29) is 4.90 Å². The predicted molar refractivity (Wildman–Crippen MR) is 106 cm³/mol. The van der Waals surface area contributed by atoms with Gasteiger partial charge in [0.05, 0.1) is 17.6 Å². The molecule has 1 aliphatic heterocycles. The zero-order valence-electron chi connectivity index (χ0n) is 16.0. The number of anilines is 1. The second-order valence-corrected chi connectivity index (χ2v) is 8.43. The number of amides is 1. The Balaban J connectivity index is 1.53. The number of hydrogen-bond acceptors (Lipinski definition) is 6. The van der Waals surface area contributed by atoms with Gasteiger partial charge < -0.3 is 14.8 Å². The lowest BCUT2D eigenvalue weighted by Gasteiger charge is -2.15. The van der Waals surface area contributed by atoms with E-state index in [0.29, 0.717) is 30.1 Å². The summed E-state index contributed by atoms with van der Waals surface area (Å²) in [4.78, 5) is 24.2. The number of benzene rings is 2. The molecule has 1 fully saturated rings. The van der Waals surface area contributed by atoms with Crippen molar-refractivity contribution in [3.8, 4) is 5.75 Å². The molecule has 1 amide bonds. The first-order valence-electron chi connectivity index (χ1n) is 9.11. The molecule has 0 saturated carbocycles. The van der Waals surface area contributed by atoms with Gasteiger partial charge in [-0.1, -0.05) is 0 Å². The molecule has 8 nitrogen and oxygen atoms in total. The second-order valence-electron chi connectivity index (χ2n) is 6.49. The first-order chi connectivity index (χ1) is 13.9. The Morgan fingerprint density at radius 3 is 2.21 bits per heavy atom. The predicted octanol–water partition coefficient (Wildman–Crippen LogP) is 2.28. The zero-order valence-corrected chi connectivity index (χ0v) is 16.8. The van der Waals surface area contributed by atoms with Crippen LogP contribution in [0.5, 0.6) is 5.75 Å². The van der Waals surface area contributed by atoms with Gasteiger partial charge in [-0.15, -0.1) is 0 Å². The number of sulfonamides is 1. The third kappa shape index (κ3) is 5.12. The lowest BCUT2D eigenvalue weighted by atomic mass is 10.2. The summed E-state index contributed by atoms with van der Waals surface area (Å²) >= 11 is 0. The van der Waals surface area contributed by atoms with Gasteiger partial charge in [0, 0.05) is 18.8 Å². The summed E-state index contributed by atoms with van der Waals surface area (Å²) in [5, 5.41) is 2.57. The van der Waals surface area contributed by atoms with Crippen LogP contribution in [0.1, 0.15) is 23.2 Å². The number of esters is 1. The fourth-order valence-electron chi connectivity index (χ4n) is 2.93. The summed E-state index contributed by atoms with van der Waals surface area (Å²) in [6, 6.07) is 12.2. The van der Waals surface area contributed by atoms with Crippen LogP contribution in [0.15, 0.2) is 53.4 Å². The number of ether oxygens (including phenoxy) is 2. The Bertz CT molecular complexity index is 965. The van der Waals surface area contributed by atoms with Crippen LogP contribution in [0.4, 0.5) is 5.69 Å². The van der Waals surface area contributed by atoms with E-state index in [9.17, 15) is 18.0 Å². The van der Waals surface area contributed by atoms with Gasteiger partial charge in [-0.3, -0.25) is 4.79 Å². The third-order valence-electron chi connectivity index (χ3n) is 4.50. The summed E-state index contributed by atoms with van der Waals surface area (Å²) in [6.07, 6.45) is 1.73. The maximum Gasteiger partial charge on any atom is 0.338 e. The molecular formula is C20H22N2O6S. The molecule has 1 aliphatic rings. The Labute approximate surface area is 169 Å². The van der Waals surface area contributed by atoms with Crippen molar-refractivity contribution in [1.82, 2.24) is 4.31 Å². The van der Waals surface area contributed by atoms with Gasteiger partial charge in [0.1, 0.15) is 5.75 Å². The van der Waals surface area contributed by atoms with Crippen LogP contribution in [0.3, 0.4) is 0 Å². The van der Waals surface area contributed by atoms with E-state index < -0.39 is 28.5 Å². The first-order valence-corrected chi connectivity index (χ1v) is 10.6. The number of rotatable bonds is 7. The molecule has 3 rings (SSSR count). The van der Waals surface area contributed by atoms with Crippen LogP contribution in [0.25, 0.3) is 0 Å². The quantitative estimate of drug-likeness (QED) is 0.692. The Morgan fingerprint density at radius 2 is 1.62 bits per heavy atom. The number of carbonyl (C=O) groups is 2. The molecule has 0 atom stereocenters. The highest BCUT2D eigenvalue weighted by atomic mass is 32.2. The van der Waals surface area contributed by atoms with Gasteiger partial charge in [0.15, 0.2) is 6.61 Å². The molecule has 154 valence electrons. The smallest absolute Gasteiger partial charge is 0.338 e. The van der Waals surface area contributed by atoms with Gasteiger partial charge in [-0.05, 0) is 61.4 Å². The van der Waals surface area contributed by atoms with Crippen LogP contribution >= 0.6 is 0 Å². The van der Waals surface area contributed by atoms with Gasteiger partial charge in [0.25, 0.3) is 5.91 Å². The van der Waals surface area contributed by atoms with E-state index in [1.165, 1.54) is 35.7 Å². The van der Waals surface area contributed by atoms with Gasteiger partial charge in [-0.25, -0.2) is 13.2 Å². The van der Waals surface area contributed by atoms with Crippen molar-refractivity contribution in [3.63, 3.8) is 0 Å². The maximum atomic E-state index is 12.5. The second kappa shape index (κ2) is 9.06. The summed E-state index contributed by atoms with van der Waals surface area (Å²) in [7, 11) is -1.98. The molecule has 29 heavy (non-hydrogen) atoms. The SMILES string of the molecule is COc1ccc(C(=O)OCC(=O)Nc2ccc(S(=O)(=O)N3CCCC3)cc2)cc1. The van der Waals surface area contributed by atoms with Gasteiger partial charge in [-0.2, -0.15) is 4.31 Å². The van der Waals surface area contributed by atoms with Gasteiger partial charge >= 0.3 is 5.97 Å². The fraction of sp³-hybridized carbons (Fsp3) is 0.300. The minimum atomic E-state index is -3.50. The largest absolute Gasteiger partial charge is 0.497 e. The highest BCUT2D eigenvalue weighted by Crippen LogP contribution is 2.22. The van der Waals surface area contributed by atoms with Crippen LogP contribution < -0.4 is 10.1 Å². The number of hydrogen-bond donors (Lipinski definition) is 1. The molecule has 0 aromatic heterocycles. The topological polar surface area (TPSA) is 102 Å². The minimum absolute atomic E-state index is 0.184. The molecule has 1 N–H and O–H groups in total. The molecule has 1 saturated heterocycles. The monoisotopic (exact) mass is 418 g/mol. The molecule has 9 heteroatoms. The van der Waals surface area contributed by atoms with Crippen LogP contribution in [-0.4, -0.2) is 51.4 Å². The normalized spacial score (nSPS) is 14.4. The summed E-state index contributed by atoms with van der Waals surface area (Å²) in [5.74, 6) is -0.550. The molecule has 0 radical (unpaired) electrons. The van der Waals surface area contributed by atoms with E-state index in [1.807, 2.05) is 0 Å². The van der Waals surface area contributed by atoms with E-state index in [2.05, 4.69) is 5.32 Å². The lowest BCUT2D eigenvalue weighted by Crippen LogP contribution is -2.27. The average molecular weight is 418 g/mol. The molecule has 1 heterocycles. The van der Waals surface area contributed by atoms with Gasteiger partial charge in [0.2, 0.25) is 10.0 Å².